The highest BCUT2D eigenvalue weighted by atomic mass is 19.1. The molecule has 1 heterocycles. The summed E-state index contributed by atoms with van der Waals surface area (Å²) in [5, 5.41) is 0. The van der Waals surface area contributed by atoms with Gasteiger partial charge in [-0.05, 0) is 18.2 Å². The molecule has 5 nitrogen and oxygen atoms in total. The van der Waals surface area contributed by atoms with Gasteiger partial charge in [-0.2, -0.15) is 4.98 Å². The summed E-state index contributed by atoms with van der Waals surface area (Å²) < 4.78 is 18.8. The lowest BCUT2D eigenvalue weighted by atomic mass is 10.3. The van der Waals surface area contributed by atoms with Crippen molar-refractivity contribution < 1.29 is 9.13 Å². The van der Waals surface area contributed by atoms with E-state index in [0.29, 0.717) is 19.1 Å². The number of likely N-dealkylation sites (N-methyl/N-ethyl adjacent to an activating group) is 1. The summed E-state index contributed by atoms with van der Waals surface area (Å²) >= 11 is 0. The van der Waals surface area contributed by atoms with Crippen LogP contribution >= 0.6 is 0 Å². The van der Waals surface area contributed by atoms with E-state index in [1.54, 1.807) is 24.4 Å². The van der Waals surface area contributed by atoms with Gasteiger partial charge in [-0.3, -0.25) is 0 Å². The van der Waals surface area contributed by atoms with Gasteiger partial charge in [0.25, 0.3) is 0 Å². The minimum Gasteiger partial charge on any atom is -0.489 e. The van der Waals surface area contributed by atoms with Crippen LogP contribution in [0, 0.1) is 5.82 Å². The van der Waals surface area contributed by atoms with Crippen LogP contribution in [-0.2, 0) is 0 Å². The summed E-state index contributed by atoms with van der Waals surface area (Å²) in [5.41, 5.74) is 0. The molecule has 0 aliphatic rings. The molecule has 0 fully saturated rings. The third-order valence-electron chi connectivity index (χ3n) is 2.95. The molecule has 0 unspecified atom stereocenters. The summed E-state index contributed by atoms with van der Waals surface area (Å²) in [6.45, 7) is 0.915. The second-order valence-electron chi connectivity index (χ2n) is 4.81. The van der Waals surface area contributed by atoms with Crippen molar-refractivity contribution in [2.24, 2.45) is 0 Å². The molecule has 0 saturated carbocycles. The number of hydrogen-bond acceptors (Lipinski definition) is 5. The lowest BCUT2D eigenvalue weighted by molar-refractivity contribution is 0.308. The van der Waals surface area contributed by atoms with Crippen LogP contribution < -0.4 is 14.5 Å². The number of hydrogen-bond donors (Lipinski definition) is 0. The molecule has 0 spiro atoms. The highest BCUT2D eigenvalue weighted by Gasteiger charge is 2.07. The zero-order valence-electron chi connectivity index (χ0n) is 12.5. The van der Waals surface area contributed by atoms with E-state index in [1.807, 2.05) is 37.0 Å². The average Bonchev–Trinajstić information content (AvgIpc) is 2.49. The predicted molar refractivity (Wildman–Crippen MR) is 81.5 cm³/mol. The maximum atomic E-state index is 13.4. The molecule has 0 saturated heterocycles. The van der Waals surface area contributed by atoms with Crippen LogP contribution in [0.5, 0.6) is 5.75 Å². The Bertz CT molecular complexity index is 591. The Morgan fingerprint density at radius 1 is 1.14 bits per heavy atom. The van der Waals surface area contributed by atoms with Crippen LogP contribution in [0.15, 0.2) is 36.5 Å². The second-order valence-corrected chi connectivity index (χ2v) is 4.81. The van der Waals surface area contributed by atoms with Crippen molar-refractivity contribution in [3.63, 3.8) is 0 Å². The smallest absolute Gasteiger partial charge is 0.227 e. The lowest BCUT2D eigenvalue weighted by Crippen LogP contribution is -2.26. The number of benzene rings is 1. The molecule has 0 bridgehead atoms. The molecule has 0 aliphatic carbocycles. The van der Waals surface area contributed by atoms with Gasteiger partial charge in [-0.1, -0.05) is 12.1 Å². The Morgan fingerprint density at radius 3 is 2.62 bits per heavy atom. The van der Waals surface area contributed by atoms with Gasteiger partial charge in [0, 0.05) is 27.3 Å². The maximum absolute atomic E-state index is 13.4. The second kappa shape index (κ2) is 6.88. The summed E-state index contributed by atoms with van der Waals surface area (Å²) in [6, 6.07) is 8.20. The van der Waals surface area contributed by atoms with Gasteiger partial charge >= 0.3 is 0 Å². The molecule has 6 heteroatoms. The summed E-state index contributed by atoms with van der Waals surface area (Å²) in [5.74, 6) is 1.35. The first-order chi connectivity index (χ1) is 10.1. The first-order valence-corrected chi connectivity index (χ1v) is 6.67. The maximum Gasteiger partial charge on any atom is 0.227 e. The Hall–Kier alpha value is -2.37. The van der Waals surface area contributed by atoms with Crippen molar-refractivity contribution in [1.82, 2.24) is 9.97 Å². The van der Waals surface area contributed by atoms with Crippen molar-refractivity contribution in [1.29, 1.82) is 0 Å². The van der Waals surface area contributed by atoms with Crippen LogP contribution in [-0.4, -0.2) is 44.3 Å². The summed E-state index contributed by atoms with van der Waals surface area (Å²) in [6.07, 6.45) is 1.71. The van der Waals surface area contributed by atoms with E-state index in [-0.39, 0.29) is 11.6 Å². The predicted octanol–water partition coefficient (Wildman–Crippen LogP) is 2.20. The van der Waals surface area contributed by atoms with Gasteiger partial charge < -0.3 is 14.5 Å². The third kappa shape index (κ3) is 4.05. The van der Waals surface area contributed by atoms with E-state index in [1.165, 1.54) is 6.07 Å². The molecule has 1 aromatic carbocycles. The van der Waals surface area contributed by atoms with Crippen molar-refractivity contribution in [2.45, 2.75) is 0 Å². The Morgan fingerprint density at radius 2 is 1.90 bits per heavy atom. The zero-order valence-corrected chi connectivity index (χ0v) is 12.5. The monoisotopic (exact) mass is 290 g/mol. The molecule has 112 valence electrons. The molecule has 0 amide bonds. The molecule has 0 aliphatic heterocycles. The van der Waals surface area contributed by atoms with Crippen molar-refractivity contribution in [3.05, 3.63) is 42.3 Å². The fraction of sp³-hybridized carbons (Fsp3) is 0.333. The van der Waals surface area contributed by atoms with Gasteiger partial charge in [-0.25, -0.2) is 9.37 Å². The molecule has 21 heavy (non-hydrogen) atoms. The highest BCUT2D eigenvalue weighted by Crippen LogP contribution is 2.15. The Kier molecular flexibility index (Phi) is 4.92. The number of para-hydroxylation sites is 1. The first kappa shape index (κ1) is 15.0. The third-order valence-corrected chi connectivity index (χ3v) is 2.95. The van der Waals surface area contributed by atoms with Gasteiger partial charge in [0.1, 0.15) is 12.4 Å². The van der Waals surface area contributed by atoms with E-state index < -0.39 is 0 Å². The van der Waals surface area contributed by atoms with E-state index in [9.17, 15) is 4.39 Å². The SMILES string of the molecule is CN(C)c1ccnc(N(C)CCOc2ccccc2F)n1. The van der Waals surface area contributed by atoms with Crippen LogP contribution in [0.3, 0.4) is 0 Å². The molecule has 2 aromatic rings. The number of aromatic nitrogens is 2. The highest BCUT2D eigenvalue weighted by molar-refractivity contribution is 5.41. The lowest BCUT2D eigenvalue weighted by Gasteiger charge is -2.19. The molecule has 2 rings (SSSR count). The van der Waals surface area contributed by atoms with Crippen LogP contribution in [0.4, 0.5) is 16.2 Å². The topological polar surface area (TPSA) is 41.5 Å². The first-order valence-electron chi connectivity index (χ1n) is 6.67. The van der Waals surface area contributed by atoms with E-state index in [0.717, 1.165) is 5.82 Å². The molecule has 0 N–H and O–H groups in total. The standard InChI is InChI=1S/C15H19FN4O/c1-19(2)14-8-9-17-15(18-14)20(3)10-11-21-13-7-5-4-6-12(13)16/h4-9H,10-11H2,1-3H3. The van der Waals surface area contributed by atoms with Gasteiger partial charge in [-0.15, -0.1) is 0 Å². The van der Waals surface area contributed by atoms with Crippen molar-refractivity contribution in [3.8, 4) is 5.75 Å². The van der Waals surface area contributed by atoms with E-state index in [4.69, 9.17) is 4.74 Å². The molecular formula is C15H19FN4O. The van der Waals surface area contributed by atoms with E-state index in [2.05, 4.69) is 9.97 Å². The van der Waals surface area contributed by atoms with Gasteiger partial charge in [0.15, 0.2) is 11.6 Å². The average molecular weight is 290 g/mol. The number of rotatable bonds is 6. The molecule has 1 aromatic heterocycles. The van der Waals surface area contributed by atoms with Gasteiger partial charge in [0.05, 0.1) is 6.54 Å². The van der Waals surface area contributed by atoms with Crippen molar-refractivity contribution >= 4 is 11.8 Å². The van der Waals surface area contributed by atoms with Crippen LogP contribution in [0.1, 0.15) is 0 Å². The van der Waals surface area contributed by atoms with Crippen LogP contribution in [0.2, 0.25) is 0 Å². The normalized spacial score (nSPS) is 10.3. The summed E-state index contributed by atoms with van der Waals surface area (Å²) in [4.78, 5) is 12.4. The minimum absolute atomic E-state index is 0.258. The number of nitrogens with zero attached hydrogens (tertiary/aromatic N) is 4. The van der Waals surface area contributed by atoms with Gasteiger partial charge in [0.2, 0.25) is 5.95 Å². The van der Waals surface area contributed by atoms with E-state index >= 15 is 0 Å². The number of anilines is 2. The fourth-order valence-electron chi connectivity index (χ4n) is 1.73. The molecular weight excluding hydrogens is 271 g/mol. The quantitative estimate of drug-likeness (QED) is 0.816. The molecule has 0 atom stereocenters. The van der Waals surface area contributed by atoms with Crippen LogP contribution in [0.25, 0.3) is 0 Å². The Labute approximate surface area is 124 Å². The largest absolute Gasteiger partial charge is 0.489 e. The fourth-order valence-corrected chi connectivity index (χ4v) is 1.73. The molecule has 0 radical (unpaired) electrons. The summed E-state index contributed by atoms with van der Waals surface area (Å²) in [7, 11) is 5.72. The zero-order chi connectivity index (χ0) is 15.2. The number of ether oxygens (including phenoxy) is 1. The Balaban J connectivity index is 1.91. The number of halogens is 1. The minimum atomic E-state index is -0.356. The van der Waals surface area contributed by atoms with Crippen molar-refractivity contribution in [2.75, 3.05) is 44.1 Å².